The van der Waals surface area contributed by atoms with Crippen LogP contribution in [0.2, 0.25) is 0 Å². The molecule has 0 amide bonds. The number of ether oxygens (including phenoxy) is 1. The third-order valence-corrected chi connectivity index (χ3v) is 3.22. The first-order chi connectivity index (χ1) is 8.22. The van der Waals surface area contributed by atoms with Crippen LogP contribution in [-0.4, -0.2) is 23.0 Å². The van der Waals surface area contributed by atoms with Crippen LogP contribution in [0.5, 0.6) is 5.75 Å². The number of methoxy groups -OCH3 is 1. The summed E-state index contributed by atoms with van der Waals surface area (Å²) < 4.78 is 8.27. The molecule has 0 atom stereocenters. The van der Waals surface area contributed by atoms with E-state index in [4.69, 9.17) is 4.74 Å². The second-order valence-corrected chi connectivity index (χ2v) is 4.14. The van der Waals surface area contributed by atoms with Crippen LogP contribution in [0.3, 0.4) is 0 Å². The van der Waals surface area contributed by atoms with Crippen molar-refractivity contribution in [2.45, 2.75) is 0 Å². The molecule has 0 bridgehead atoms. The van der Waals surface area contributed by atoms with Gasteiger partial charge in [-0.25, -0.2) is 0 Å². The summed E-state index contributed by atoms with van der Waals surface area (Å²) in [4.78, 5) is 11.9. The third-order valence-electron chi connectivity index (χ3n) is 3.22. The minimum atomic E-state index is 0.406. The first-order valence-electron chi connectivity index (χ1n) is 5.50. The number of nitroso groups, excluding NO2 is 1. The van der Waals surface area contributed by atoms with Gasteiger partial charge in [0.1, 0.15) is 11.4 Å². The van der Waals surface area contributed by atoms with E-state index >= 15 is 0 Å². The predicted molar refractivity (Wildman–Crippen MR) is 66.7 cm³/mol. The van der Waals surface area contributed by atoms with E-state index in [9.17, 15) is 4.91 Å². The Bertz CT molecular complexity index is 653. The van der Waals surface area contributed by atoms with Gasteiger partial charge in [-0.3, -0.25) is 0 Å². The third kappa shape index (κ3) is 1.30. The minimum absolute atomic E-state index is 0.406. The van der Waals surface area contributed by atoms with Gasteiger partial charge < -0.3 is 9.30 Å². The molecule has 0 fully saturated rings. The number of hydrogen-bond donors (Lipinski definition) is 0. The van der Waals surface area contributed by atoms with Crippen LogP contribution in [0.4, 0.5) is 5.69 Å². The Morgan fingerprint density at radius 2 is 2.24 bits per heavy atom. The highest BCUT2D eigenvalue weighted by molar-refractivity contribution is 5.95. The number of aryl methyl sites for hydroxylation is 1. The van der Waals surface area contributed by atoms with E-state index in [1.807, 2.05) is 42.0 Å². The maximum absolute atomic E-state index is 11.9. The van der Waals surface area contributed by atoms with Crippen molar-refractivity contribution in [2.75, 3.05) is 13.7 Å². The lowest BCUT2D eigenvalue weighted by atomic mass is 10.2. The van der Waals surface area contributed by atoms with Crippen molar-refractivity contribution >= 4 is 22.7 Å². The van der Waals surface area contributed by atoms with E-state index in [1.165, 1.54) is 0 Å². The highest BCUT2D eigenvalue weighted by atomic mass is 16.5. The first kappa shape index (κ1) is 10.1. The maximum atomic E-state index is 11.9. The normalized spacial score (nSPS) is 14.1. The monoisotopic (exact) mass is 229 g/mol. The molecule has 3 rings (SSSR count). The van der Waals surface area contributed by atoms with Crippen molar-refractivity contribution in [3.05, 3.63) is 34.9 Å². The lowest BCUT2D eigenvalue weighted by Crippen LogP contribution is -2.06. The number of nitrogens with zero attached hydrogens (tertiary/aromatic N) is 2. The van der Waals surface area contributed by atoms with Crippen molar-refractivity contribution in [1.82, 2.24) is 4.57 Å². The molecule has 4 heteroatoms. The highest BCUT2D eigenvalue weighted by Crippen LogP contribution is 2.36. The van der Waals surface area contributed by atoms with Gasteiger partial charge in [0.15, 0.2) is 0 Å². The maximum Gasteiger partial charge on any atom is 0.289 e. The zero-order valence-electron chi connectivity index (χ0n) is 9.80. The van der Waals surface area contributed by atoms with E-state index in [0.717, 1.165) is 32.8 Å². The van der Waals surface area contributed by atoms with Gasteiger partial charge in [0.05, 0.1) is 18.0 Å². The molecule has 1 aliphatic rings. The van der Waals surface area contributed by atoms with E-state index in [0.29, 0.717) is 6.54 Å². The largest absolute Gasteiger partial charge is 0.497 e. The topological polar surface area (TPSA) is 34.2 Å². The molecule has 0 saturated heterocycles. The SMILES string of the molecule is COc1ccc2c(c1)c1c(n2C)C=CC[N+]1=O. The summed E-state index contributed by atoms with van der Waals surface area (Å²) in [6.07, 6.45) is 3.88. The average Bonchev–Trinajstić information content (AvgIpc) is 2.64. The quantitative estimate of drug-likeness (QED) is 0.704. The van der Waals surface area contributed by atoms with Crippen molar-refractivity contribution in [3.63, 3.8) is 0 Å². The van der Waals surface area contributed by atoms with Crippen molar-refractivity contribution in [1.29, 1.82) is 0 Å². The van der Waals surface area contributed by atoms with Crippen LogP contribution in [0.15, 0.2) is 24.3 Å². The fourth-order valence-corrected chi connectivity index (χ4v) is 2.36. The molecule has 0 N–H and O–H groups in total. The summed E-state index contributed by atoms with van der Waals surface area (Å²) in [7, 11) is 3.60. The summed E-state index contributed by atoms with van der Waals surface area (Å²) in [5.74, 6) is 0.772. The van der Waals surface area contributed by atoms with Crippen LogP contribution in [0.25, 0.3) is 17.0 Å². The van der Waals surface area contributed by atoms with Crippen LogP contribution >= 0.6 is 0 Å². The molecule has 0 radical (unpaired) electrons. The molecule has 0 saturated carbocycles. The molecule has 2 heterocycles. The molecular weight excluding hydrogens is 216 g/mol. The van der Waals surface area contributed by atoms with Crippen molar-refractivity contribution in [2.24, 2.45) is 7.05 Å². The van der Waals surface area contributed by atoms with Crippen LogP contribution in [0.1, 0.15) is 5.69 Å². The van der Waals surface area contributed by atoms with Gasteiger partial charge in [-0.05, 0) is 30.4 Å². The van der Waals surface area contributed by atoms with E-state index in [-0.39, 0.29) is 0 Å². The van der Waals surface area contributed by atoms with Gasteiger partial charge in [-0.2, -0.15) is 0 Å². The van der Waals surface area contributed by atoms with Gasteiger partial charge in [0.25, 0.3) is 5.69 Å². The van der Waals surface area contributed by atoms with Gasteiger partial charge >= 0.3 is 0 Å². The molecular formula is C13H13N2O2+. The number of rotatable bonds is 1. The molecule has 86 valence electrons. The fraction of sp³-hybridized carbons (Fsp3) is 0.231. The van der Waals surface area contributed by atoms with Crippen molar-refractivity contribution < 1.29 is 9.50 Å². The number of fused-ring (bicyclic) bond motifs is 3. The Balaban J connectivity index is 2.42. The summed E-state index contributed by atoms with van der Waals surface area (Å²) >= 11 is 0. The summed E-state index contributed by atoms with van der Waals surface area (Å²) in [6.45, 7) is 0.406. The molecule has 4 nitrogen and oxygen atoms in total. The zero-order chi connectivity index (χ0) is 12.0. The van der Waals surface area contributed by atoms with Gasteiger partial charge in [-0.15, -0.1) is 0 Å². The number of aromatic nitrogens is 1. The molecule has 0 unspecified atom stereocenters. The molecule has 1 aliphatic heterocycles. The van der Waals surface area contributed by atoms with Gasteiger partial charge in [0, 0.05) is 16.7 Å². The van der Waals surface area contributed by atoms with E-state index in [2.05, 4.69) is 0 Å². The van der Waals surface area contributed by atoms with Gasteiger partial charge in [0.2, 0.25) is 6.54 Å². The fourth-order valence-electron chi connectivity index (χ4n) is 2.36. The highest BCUT2D eigenvalue weighted by Gasteiger charge is 2.28. The molecule has 0 aliphatic carbocycles. The summed E-state index contributed by atoms with van der Waals surface area (Å²) in [5.41, 5.74) is 2.74. The van der Waals surface area contributed by atoms with Crippen molar-refractivity contribution in [3.8, 4) is 5.75 Å². The smallest absolute Gasteiger partial charge is 0.289 e. The molecule has 0 spiro atoms. The lowest BCUT2D eigenvalue weighted by molar-refractivity contribution is -0.450. The van der Waals surface area contributed by atoms with Gasteiger partial charge in [-0.1, -0.05) is 0 Å². The molecule has 17 heavy (non-hydrogen) atoms. The van der Waals surface area contributed by atoms with Crippen LogP contribution in [-0.2, 0) is 7.05 Å². The standard InChI is InChI=1S/C13H13N2O2/c1-14-11-6-5-9(17-2)8-10(11)13-12(14)4-3-7-15(13)16/h3-6,8H,7H2,1-2H3/q+1. The van der Waals surface area contributed by atoms with E-state index in [1.54, 1.807) is 7.11 Å². The molecule has 1 aromatic carbocycles. The Morgan fingerprint density at radius 3 is 3.00 bits per heavy atom. The summed E-state index contributed by atoms with van der Waals surface area (Å²) in [6, 6.07) is 5.80. The molecule has 2 aromatic rings. The second-order valence-electron chi connectivity index (χ2n) is 4.14. The van der Waals surface area contributed by atoms with E-state index < -0.39 is 0 Å². The lowest BCUT2D eigenvalue weighted by Gasteiger charge is -2.00. The second kappa shape index (κ2) is 3.45. The van der Waals surface area contributed by atoms with Crippen LogP contribution < -0.4 is 4.74 Å². The zero-order valence-corrected chi connectivity index (χ0v) is 9.80. The Labute approximate surface area is 98.7 Å². The molecule has 1 aromatic heterocycles. The minimum Gasteiger partial charge on any atom is -0.497 e. The Morgan fingerprint density at radius 1 is 1.41 bits per heavy atom. The average molecular weight is 229 g/mol. The number of benzene rings is 1. The van der Waals surface area contributed by atoms with Crippen LogP contribution in [0, 0.1) is 4.91 Å². The predicted octanol–water partition coefficient (Wildman–Crippen LogP) is 2.62. The first-order valence-corrected chi connectivity index (χ1v) is 5.50. The summed E-state index contributed by atoms with van der Waals surface area (Å²) in [5, 5.41) is 0.946. The number of hydrogen-bond acceptors (Lipinski definition) is 2. The Kier molecular flexibility index (Phi) is 2.04. The Hall–Kier alpha value is -2.10.